The highest BCUT2D eigenvalue weighted by Crippen LogP contribution is 2.26. The first kappa shape index (κ1) is 14.7. The first-order valence-electron chi connectivity index (χ1n) is 6.51. The highest BCUT2D eigenvalue weighted by Gasteiger charge is 2.08. The second kappa shape index (κ2) is 6.65. The van der Waals surface area contributed by atoms with Crippen LogP contribution in [0.4, 0.5) is 11.4 Å². The molecule has 0 aliphatic heterocycles. The van der Waals surface area contributed by atoms with Crippen molar-refractivity contribution in [2.24, 2.45) is 0 Å². The van der Waals surface area contributed by atoms with E-state index < -0.39 is 0 Å². The van der Waals surface area contributed by atoms with Gasteiger partial charge in [-0.2, -0.15) is 0 Å². The van der Waals surface area contributed by atoms with Crippen LogP contribution in [0.1, 0.15) is 5.56 Å². The summed E-state index contributed by atoms with van der Waals surface area (Å²) in [6, 6.07) is 12.6. The van der Waals surface area contributed by atoms with E-state index in [0.717, 1.165) is 5.56 Å². The van der Waals surface area contributed by atoms with Gasteiger partial charge in [0.05, 0.1) is 12.8 Å². The predicted octanol–water partition coefficient (Wildman–Crippen LogP) is 2.60. The number of methoxy groups -OCH3 is 1. The highest BCUT2D eigenvalue weighted by molar-refractivity contribution is 5.93. The van der Waals surface area contributed by atoms with Gasteiger partial charge in [-0.25, -0.2) is 0 Å². The monoisotopic (exact) mass is 286 g/mol. The van der Waals surface area contributed by atoms with E-state index >= 15 is 0 Å². The first-order valence-corrected chi connectivity index (χ1v) is 6.51. The molecule has 0 aromatic heterocycles. The first-order chi connectivity index (χ1) is 10.1. The van der Waals surface area contributed by atoms with Crippen LogP contribution in [0.3, 0.4) is 0 Å². The van der Waals surface area contributed by atoms with Gasteiger partial charge < -0.3 is 20.5 Å². The molecule has 1 amide bonds. The second-order valence-electron chi connectivity index (χ2n) is 4.61. The van der Waals surface area contributed by atoms with Gasteiger partial charge in [0.15, 0.2) is 6.61 Å². The van der Waals surface area contributed by atoms with Crippen molar-refractivity contribution in [3.63, 3.8) is 0 Å². The van der Waals surface area contributed by atoms with E-state index in [1.807, 2.05) is 31.2 Å². The summed E-state index contributed by atoms with van der Waals surface area (Å²) in [5.41, 5.74) is 7.87. The molecule has 110 valence electrons. The van der Waals surface area contributed by atoms with Crippen molar-refractivity contribution in [1.29, 1.82) is 0 Å². The zero-order valence-corrected chi connectivity index (χ0v) is 12.1. The second-order valence-corrected chi connectivity index (χ2v) is 4.61. The number of carbonyl (C=O) groups is 1. The van der Waals surface area contributed by atoms with Gasteiger partial charge in [-0.1, -0.05) is 12.1 Å². The van der Waals surface area contributed by atoms with Crippen LogP contribution in [0.15, 0.2) is 42.5 Å². The summed E-state index contributed by atoms with van der Waals surface area (Å²) in [6.07, 6.45) is 0. The molecule has 0 aliphatic rings. The number of nitrogens with one attached hydrogen (secondary N) is 1. The van der Waals surface area contributed by atoms with E-state index in [1.165, 1.54) is 7.11 Å². The molecule has 3 N–H and O–H groups in total. The maximum Gasteiger partial charge on any atom is 0.262 e. The third-order valence-electron chi connectivity index (χ3n) is 2.86. The minimum atomic E-state index is -0.264. The van der Waals surface area contributed by atoms with Crippen molar-refractivity contribution in [2.75, 3.05) is 24.8 Å². The van der Waals surface area contributed by atoms with Gasteiger partial charge in [-0.3, -0.25) is 4.79 Å². The number of ether oxygens (including phenoxy) is 2. The summed E-state index contributed by atoms with van der Waals surface area (Å²) < 4.78 is 10.6. The number of hydrogen-bond acceptors (Lipinski definition) is 4. The Bertz CT molecular complexity index is 641. The third-order valence-corrected chi connectivity index (χ3v) is 2.86. The number of anilines is 2. The van der Waals surface area contributed by atoms with Gasteiger partial charge >= 0.3 is 0 Å². The van der Waals surface area contributed by atoms with E-state index in [-0.39, 0.29) is 12.5 Å². The Hall–Kier alpha value is -2.69. The molecule has 0 spiro atoms. The molecule has 0 fully saturated rings. The van der Waals surface area contributed by atoms with Crippen LogP contribution in [-0.2, 0) is 4.79 Å². The van der Waals surface area contributed by atoms with Crippen LogP contribution < -0.4 is 20.5 Å². The largest absolute Gasteiger partial charge is 0.494 e. The lowest BCUT2D eigenvalue weighted by molar-refractivity contribution is -0.118. The standard InChI is InChI=1S/C16H18N2O3/c1-11-4-3-5-13(8-11)21-10-16(19)18-14-7-6-12(17)9-15(14)20-2/h3-9H,10,17H2,1-2H3,(H,18,19). The number of nitrogen functional groups attached to an aromatic ring is 1. The molecule has 5 heteroatoms. The quantitative estimate of drug-likeness (QED) is 0.829. The molecule has 0 unspecified atom stereocenters. The number of amides is 1. The molecule has 2 aromatic rings. The molecule has 2 aromatic carbocycles. The lowest BCUT2D eigenvalue weighted by atomic mass is 10.2. The van der Waals surface area contributed by atoms with Gasteiger partial charge in [0.2, 0.25) is 0 Å². The average molecular weight is 286 g/mol. The van der Waals surface area contributed by atoms with Gasteiger partial charge in [0.25, 0.3) is 5.91 Å². The van der Waals surface area contributed by atoms with Crippen molar-refractivity contribution in [2.45, 2.75) is 6.92 Å². The summed E-state index contributed by atoms with van der Waals surface area (Å²) in [6.45, 7) is 1.89. The number of aryl methyl sites for hydroxylation is 1. The van der Waals surface area contributed by atoms with Crippen molar-refractivity contribution in [1.82, 2.24) is 0 Å². The van der Waals surface area contributed by atoms with Crippen LogP contribution in [0.5, 0.6) is 11.5 Å². The molecule has 2 rings (SSSR count). The normalized spacial score (nSPS) is 10.0. The zero-order valence-electron chi connectivity index (χ0n) is 12.1. The molecule has 0 aliphatic carbocycles. The lowest BCUT2D eigenvalue weighted by Gasteiger charge is -2.11. The minimum Gasteiger partial charge on any atom is -0.494 e. The van der Waals surface area contributed by atoms with Gasteiger partial charge in [0.1, 0.15) is 11.5 Å². The number of hydrogen-bond donors (Lipinski definition) is 2. The Labute approximate surface area is 123 Å². The molecule has 0 saturated heterocycles. The number of benzene rings is 2. The Morgan fingerprint density at radius 3 is 2.76 bits per heavy atom. The molecular weight excluding hydrogens is 268 g/mol. The van der Waals surface area contributed by atoms with E-state index in [0.29, 0.717) is 22.9 Å². The summed E-state index contributed by atoms with van der Waals surface area (Å²) in [7, 11) is 1.52. The molecular formula is C16H18N2O3. The Balaban J connectivity index is 1.96. The molecule has 0 saturated carbocycles. The van der Waals surface area contributed by atoms with E-state index in [4.69, 9.17) is 15.2 Å². The molecule has 0 heterocycles. The number of nitrogens with two attached hydrogens (primary N) is 1. The van der Waals surface area contributed by atoms with Crippen LogP contribution in [-0.4, -0.2) is 19.6 Å². The van der Waals surface area contributed by atoms with Crippen LogP contribution in [0, 0.1) is 6.92 Å². The van der Waals surface area contributed by atoms with Gasteiger partial charge in [-0.05, 0) is 36.8 Å². The zero-order chi connectivity index (χ0) is 15.2. The average Bonchev–Trinajstić information content (AvgIpc) is 2.47. The maximum atomic E-state index is 11.9. The smallest absolute Gasteiger partial charge is 0.262 e. The topological polar surface area (TPSA) is 73.6 Å². The van der Waals surface area contributed by atoms with Crippen LogP contribution in [0.2, 0.25) is 0 Å². The lowest BCUT2D eigenvalue weighted by Crippen LogP contribution is -2.20. The maximum absolute atomic E-state index is 11.9. The number of carbonyl (C=O) groups excluding carboxylic acids is 1. The van der Waals surface area contributed by atoms with Crippen LogP contribution >= 0.6 is 0 Å². The van der Waals surface area contributed by atoms with E-state index in [9.17, 15) is 4.79 Å². The summed E-state index contributed by atoms with van der Waals surface area (Å²) >= 11 is 0. The van der Waals surface area contributed by atoms with E-state index in [1.54, 1.807) is 18.2 Å². The Morgan fingerprint density at radius 1 is 1.24 bits per heavy atom. The molecule has 5 nitrogen and oxygen atoms in total. The summed E-state index contributed by atoms with van der Waals surface area (Å²) in [5, 5.41) is 2.73. The van der Waals surface area contributed by atoms with Crippen molar-refractivity contribution >= 4 is 17.3 Å². The summed E-state index contributed by atoms with van der Waals surface area (Å²) in [5.74, 6) is 0.910. The van der Waals surface area contributed by atoms with Gasteiger partial charge in [0, 0.05) is 11.8 Å². The Kier molecular flexibility index (Phi) is 4.66. The summed E-state index contributed by atoms with van der Waals surface area (Å²) in [4.78, 5) is 11.9. The fourth-order valence-electron chi connectivity index (χ4n) is 1.85. The number of rotatable bonds is 5. The van der Waals surface area contributed by atoms with Crippen LogP contribution in [0.25, 0.3) is 0 Å². The minimum absolute atomic E-state index is 0.0724. The fraction of sp³-hybridized carbons (Fsp3) is 0.188. The molecule has 0 atom stereocenters. The van der Waals surface area contributed by atoms with Gasteiger partial charge in [-0.15, -0.1) is 0 Å². The molecule has 0 radical (unpaired) electrons. The van der Waals surface area contributed by atoms with Crippen molar-refractivity contribution in [3.05, 3.63) is 48.0 Å². The predicted molar refractivity (Wildman–Crippen MR) is 82.7 cm³/mol. The van der Waals surface area contributed by atoms with Crippen molar-refractivity contribution < 1.29 is 14.3 Å². The Morgan fingerprint density at radius 2 is 2.05 bits per heavy atom. The SMILES string of the molecule is COc1cc(N)ccc1NC(=O)COc1cccc(C)c1. The van der Waals surface area contributed by atoms with Crippen molar-refractivity contribution in [3.8, 4) is 11.5 Å². The molecule has 0 bridgehead atoms. The molecule has 21 heavy (non-hydrogen) atoms. The van der Waals surface area contributed by atoms with E-state index in [2.05, 4.69) is 5.32 Å². The highest BCUT2D eigenvalue weighted by atomic mass is 16.5. The fourth-order valence-corrected chi connectivity index (χ4v) is 1.85. The third kappa shape index (κ3) is 4.14.